The predicted octanol–water partition coefficient (Wildman–Crippen LogP) is 6.26. The summed E-state index contributed by atoms with van der Waals surface area (Å²) in [5.41, 5.74) is 1.90. The lowest BCUT2D eigenvalue weighted by Crippen LogP contribution is -2.27. The highest BCUT2D eigenvalue weighted by Crippen LogP contribution is 2.38. The van der Waals surface area contributed by atoms with Crippen molar-refractivity contribution in [3.63, 3.8) is 0 Å². The number of terminal acetylenes is 1. The molecular formula is C26H16BrFN2O3S2. The number of benzene rings is 3. The third-order valence-corrected chi connectivity index (χ3v) is 6.63. The molecule has 5 nitrogen and oxygen atoms in total. The Hall–Kier alpha value is -3.45. The molecule has 0 atom stereocenters. The zero-order valence-electron chi connectivity index (χ0n) is 18.0. The second-order valence-corrected chi connectivity index (χ2v) is 9.79. The Morgan fingerprint density at radius 1 is 1.20 bits per heavy atom. The maximum Gasteiger partial charge on any atom is 0.270 e. The standard InChI is InChI=1S/C26H16BrFN2O3S2/c1-2-12-33-22-11-6-18(27)13-17(22)15-23-25(32)30(26(34)35-23)21-5-3-4-16(14-21)24(31)29-20-9-7-19(28)8-10-20/h1,3-11,13-15H,12H2,(H,29,31)/b23-15+. The van der Waals surface area contributed by atoms with Gasteiger partial charge in [0.2, 0.25) is 0 Å². The van der Waals surface area contributed by atoms with Crippen LogP contribution in [0.5, 0.6) is 5.75 Å². The van der Waals surface area contributed by atoms with E-state index in [4.69, 9.17) is 23.4 Å². The molecule has 0 bridgehead atoms. The minimum Gasteiger partial charge on any atom is -0.480 e. The lowest BCUT2D eigenvalue weighted by atomic mass is 10.1. The quantitative estimate of drug-likeness (QED) is 0.217. The van der Waals surface area contributed by atoms with Crippen LogP contribution in [0.2, 0.25) is 0 Å². The summed E-state index contributed by atoms with van der Waals surface area (Å²) < 4.78 is 19.9. The first-order chi connectivity index (χ1) is 16.9. The molecule has 35 heavy (non-hydrogen) atoms. The Bertz CT molecular complexity index is 1400. The Labute approximate surface area is 219 Å². The van der Waals surface area contributed by atoms with Crippen molar-refractivity contribution in [3.8, 4) is 18.1 Å². The highest BCUT2D eigenvalue weighted by molar-refractivity contribution is 9.10. The number of rotatable bonds is 6. The number of amides is 2. The normalized spacial score (nSPS) is 14.2. The van der Waals surface area contributed by atoms with Crippen molar-refractivity contribution < 1.29 is 18.7 Å². The molecule has 4 rings (SSSR count). The van der Waals surface area contributed by atoms with Crippen molar-refractivity contribution >= 4 is 73.5 Å². The molecule has 0 unspecified atom stereocenters. The zero-order chi connectivity index (χ0) is 24.9. The molecule has 3 aromatic rings. The number of hydrogen-bond acceptors (Lipinski definition) is 5. The summed E-state index contributed by atoms with van der Waals surface area (Å²) in [7, 11) is 0. The average molecular weight is 567 g/mol. The number of nitrogens with one attached hydrogen (secondary N) is 1. The van der Waals surface area contributed by atoms with Crippen molar-refractivity contribution in [3.05, 3.63) is 93.1 Å². The third kappa shape index (κ3) is 5.80. The summed E-state index contributed by atoms with van der Waals surface area (Å²) in [6.45, 7) is 0.0935. The number of anilines is 2. The van der Waals surface area contributed by atoms with E-state index in [1.54, 1.807) is 36.4 Å². The summed E-state index contributed by atoms with van der Waals surface area (Å²) >= 11 is 10.1. The van der Waals surface area contributed by atoms with Crippen LogP contribution in [0.4, 0.5) is 15.8 Å². The fourth-order valence-corrected chi connectivity index (χ4v) is 4.91. The van der Waals surface area contributed by atoms with E-state index in [1.165, 1.54) is 29.2 Å². The van der Waals surface area contributed by atoms with Crippen LogP contribution in [0.15, 0.2) is 76.1 Å². The summed E-state index contributed by atoms with van der Waals surface area (Å²) in [5.74, 6) is 1.84. The van der Waals surface area contributed by atoms with E-state index in [0.717, 1.165) is 16.2 Å². The van der Waals surface area contributed by atoms with Gasteiger partial charge in [-0.2, -0.15) is 0 Å². The number of thiocarbonyl (C=S) groups is 1. The first-order valence-electron chi connectivity index (χ1n) is 10.2. The van der Waals surface area contributed by atoms with Crippen LogP contribution in [0.25, 0.3) is 6.08 Å². The van der Waals surface area contributed by atoms with Gasteiger partial charge in [0.25, 0.3) is 11.8 Å². The second kappa shape index (κ2) is 10.9. The maximum absolute atomic E-state index is 13.3. The van der Waals surface area contributed by atoms with Gasteiger partial charge in [-0.25, -0.2) is 4.39 Å². The minimum atomic E-state index is -0.399. The van der Waals surface area contributed by atoms with Gasteiger partial charge in [0, 0.05) is 21.3 Å². The summed E-state index contributed by atoms with van der Waals surface area (Å²) in [4.78, 5) is 27.7. The van der Waals surface area contributed by atoms with Crippen LogP contribution in [0, 0.1) is 18.2 Å². The Morgan fingerprint density at radius 3 is 2.71 bits per heavy atom. The average Bonchev–Trinajstić information content (AvgIpc) is 3.12. The van der Waals surface area contributed by atoms with E-state index in [9.17, 15) is 14.0 Å². The first-order valence-corrected chi connectivity index (χ1v) is 12.2. The number of carbonyl (C=O) groups is 2. The van der Waals surface area contributed by atoms with Gasteiger partial charge in [0.15, 0.2) is 4.32 Å². The fraction of sp³-hybridized carbons (Fsp3) is 0.0385. The molecule has 1 fully saturated rings. The zero-order valence-corrected chi connectivity index (χ0v) is 21.2. The van der Waals surface area contributed by atoms with Gasteiger partial charge in [-0.1, -0.05) is 51.9 Å². The lowest BCUT2D eigenvalue weighted by Gasteiger charge is -2.15. The Balaban J connectivity index is 1.58. The van der Waals surface area contributed by atoms with E-state index in [2.05, 4.69) is 27.2 Å². The van der Waals surface area contributed by atoms with Crippen LogP contribution >= 0.6 is 39.9 Å². The van der Waals surface area contributed by atoms with Crippen LogP contribution in [-0.4, -0.2) is 22.7 Å². The monoisotopic (exact) mass is 566 g/mol. The number of ether oxygens (including phenoxy) is 1. The van der Waals surface area contributed by atoms with Gasteiger partial charge in [0.1, 0.15) is 18.2 Å². The fourth-order valence-electron chi connectivity index (χ4n) is 3.24. The minimum absolute atomic E-state index is 0.0935. The van der Waals surface area contributed by atoms with Crippen molar-refractivity contribution in [2.75, 3.05) is 16.8 Å². The van der Waals surface area contributed by atoms with E-state index in [1.807, 2.05) is 12.1 Å². The van der Waals surface area contributed by atoms with E-state index < -0.39 is 11.7 Å². The number of thioether (sulfide) groups is 1. The number of halogens is 2. The van der Waals surface area contributed by atoms with Gasteiger partial charge in [-0.15, -0.1) is 6.42 Å². The van der Waals surface area contributed by atoms with Crippen molar-refractivity contribution in [2.45, 2.75) is 0 Å². The molecule has 1 aliphatic rings. The number of hydrogen-bond donors (Lipinski definition) is 1. The summed E-state index contributed by atoms with van der Waals surface area (Å²) in [6.07, 6.45) is 7.00. The molecule has 2 amide bonds. The van der Waals surface area contributed by atoms with Crippen LogP contribution in [0.1, 0.15) is 15.9 Å². The number of nitrogens with zero attached hydrogens (tertiary/aromatic N) is 1. The molecule has 0 saturated carbocycles. The maximum atomic E-state index is 13.3. The van der Waals surface area contributed by atoms with Crippen LogP contribution < -0.4 is 15.0 Å². The topological polar surface area (TPSA) is 58.6 Å². The predicted molar refractivity (Wildman–Crippen MR) is 145 cm³/mol. The van der Waals surface area contributed by atoms with Crippen molar-refractivity contribution in [1.82, 2.24) is 0 Å². The molecular weight excluding hydrogens is 551 g/mol. The highest BCUT2D eigenvalue weighted by atomic mass is 79.9. The van der Waals surface area contributed by atoms with Gasteiger partial charge in [0.05, 0.1) is 10.6 Å². The van der Waals surface area contributed by atoms with Gasteiger partial charge in [-0.05, 0) is 66.7 Å². The molecule has 0 radical (unpaired) electrons. The molecule has 174 valence electrons. The van der Waals surface area contributed by atoms with Crippen LogP contribution in [-0.2, 0) is 4.79 Å². The molecule has 1 heterocycles. The van der Waals surface area contributed by atoms with E-state index in [0.29, 0.717) is 37.5 Å². The number of carbonyl (C=O) groups excluding carboxylic acids is 2. The molecule has 0 aromatic heterocycles. The summed E-state index contributed by atoms with van der Waals surface area (Å²) in [6, 6.07) is 17.4. The summed E-state index contributed by atoms with van der Waals surface area (Å²) in [5, 5.41) is 2.70. The van der Waals surface area contributed by atoms with Gasteiger partial charge in [-0.3, -0.25) is 14.5 Å². The van der Waals surface area contributed by atoms with E-state index >= 15 is 0 Å². The second-order valence-electron chi connectivity index (χ2n) is 7.20. The molecule has 0 aliphatic carbocycles. The Kier molecular flexibility index (Phi) is 7.66. The molecule has 0 spiro atoms. The SMILES string of the molecule is C#CCOc1ccc(Br)cc1/C=C1/SC(=S)N(c2cccc(C(=O)Nc3ccc(F)cc3)c2)C1=O. The van der Waals surface area contributed by atoms with Gasteiger partial charge < -0.3 is 10.1 Å². The van der Waals surface area contributed by atoms with Crippen molar-refractivity contribution in [1.29, 1.82) is 0 Å². The Morgan fingerprint density at radius 2 is 1.97 bits per heavy atom. The van der Waals surface area contributed by atoms with Crippen LogP contribution in [0.3, 0.4) is 0 Å². The third-order valence-electron chi connectivity index (χ3n) is 4.83. The first kappa shape index (κ1) is 24.7. The smallest absolute Gasteiger partial charge is 0.270 e. The van der Waals surface area contributed by atoms with E-state index in [-0.39, 0.29) is 12.5 Å². The highest BCUT2D eigenvalue weighted by Gasteiger charge is 2.33. The molecule has 1 aliphatic heterocycles. The van der Waals surface area contributed by atoms with Gasteiger partial charge >= 0.3 is 0 Å². The lowest BCUT2D eigenvalue weighted by molar-refractivity contribution is -0.113. The molecule has 1 N–H and O–H groups in total. The van der Waals surface area contributed by atoms with Crippen molar-refractivity contribution in [2.24, 2.45) is 0 Å². The molecule has 9 heteroatoms. The largest absolute Gasteiger partial charge is 0.480 e. The molecule has 1 saturated heterocycles. The molecule has 3 aromatic carbocycles.